The lowest BCUT2D eigenvalue weighted by Gasteiger charge is -2.36. The van der Waals surface area contributed by atoms with Crippen LogP contribution in [0, 0.1) is 11.3 Å². The fourth-order valence-corrected chi connectivity index (χ4v) is 5.78. The first-order valence-corrected chi connectivity index (χ1v) is 8.68. The molecule has 0 spiro atoms. The number of benzene rings is 1. The van der Waals surface area contributed by atoms with Gasteiger partial charge in [0.2, 0.25) is 0 Å². The average Bonchev–Trinajstić information content (AvgIpc) is 2.37. The number of rotatable bonds is 1. The molecule has 0 bridgehead atoms. The van der Waals surface area contributed by atoms with Crippen molar-refractivity contribution in [3.05, 3.63) is 35.4 Å². The molecular formula is C15H19F3S2. The Hall–Kier alpha value is -0.290. The van der Waals surface area contributed by atoms with Crippen molar-refractivity contribution in [2.45, 2.75) is 31.5 Å². The van der Waals surface area contributed by atoms with Crippen LogP contribution in [0.1, 0.15) is 36.5 Å². The topological polar surface area (TPSA) is 0 Å². The zero-order chi connectivity index (χ0) is 15.0. The average molecular weight is 320 g/mol. The van der Waals surface area contributed by atoms with Crippen LogP contribution in [0.15, 0.2) is 24.3 Å². The SMILES string of the molecule is CC(C)(C)[C@H]1CS[C@H](c2ccc(C(F)(F)F)cc2)SC1. The Kier molecular flexibility index (Phi) is 4.69. The maximum absolute atomic E-state index is 12.5. The van der Waals surface area contributed by atoms with Gasteiger partial charge in [-0.25, -0.2) is 0 Å². The van der Waals surface area contributed by atoms with Gasteiger partial charge in [-0.3, -0.25) is 0 Å². The van der Waals surface area contributed by atoms with E-state index in [4.69, 9.17) is 0 Å². The molecule has 1 heterocycles. The molecule has 0 N–H and O–H groups in total. The van der Waals surface area contributed by atoms with Gasteiger partial charge in [-0.05, 0) is 40.5 Å². The van der Waals surface area contributed by atoms with Gasteiger partial charge in [0.15, 0.2) is 0 Å². The van der Waals surface area contributed by atoms with Gasteiger partial charge in [-0.1, -0.05) is 32.9 Å². The second kappa shape index (κ2) is 5.84. The third kappa shape index (κ3) is 3.88. The zero-order valence-electron chi connectivity index (χ0n) is 11.8. The smallest absolute Gasteiger partial charge is 0.166 e. The molecule has 0 saturated carbocycles. The van der Waals surface area contributed by atoms with E-state index in [1.165, 1.54) is 12.1 Å². The fraction of sp³-hybridized carbons (Fsp3) is 0.600. The molecule has 1 saturated heterocycles. The van der Waals surface area contributed by atoms with E-state index in [0.29, 0.717) is 11.3 Å². The monoisotopic (exact) mass is 320 g/mol. The molecule has 20 heavy (non-hydrogen) atoms. The molecular weight excluding hydrogens is 301 g/mol. The third-order valence-corrected chi connectivity index (χ3v) is 6.79. The highest BCUT2D eigenvalue weighted by Gasteiger charge is 2.33. The van der Waals surface area contributed by atoms with Crippen molar-refractivity contribution >= 4 is 23.5 Å². The summed E-state index contributed by atoms with van der Waals surface area (Å²) in [4.78, 5) is 0. The Bertz CT molecular complexity index is 438. The highest BCUT2D eigenvalue weighted by atomic mass is 32.2. The Morgan fingerprint density at radius 1 is 0.950 bits per heavy atom. The summed E-state index contributed by atoms with van der Waals surface area (Å²) in [7, 11) is 0. The summed E-state index contributed by atoms with van der Waals surface area (Å²) in [5, 5.41) is 0. The molecule has 112 valence electrons. The van der Waals surface area contributed by atoms with E-state index in [1.54, 1.807) is 12.1 Å². The maximum Gasteiger partial charge on any atom is 0.416 e. The Balaban J connectivity index is 2.01. The van der Waals surface area contributed by atoms with Crippen LogP contribution < -0.4 is 0 Å². The first-order valence-electron chi connectivity index (χ1n) is 6.58. The molecule has 0 unspecified atom stereocenters. The van der Waals surface area contributed by atoms with Crippen molar-refractivity contribution in [1.29, 1.82) is 0 Å². The minimum Gasteiger partial charge on any atom is -0.166 e. The summed E-state index contributed by atoms with van der Waals surface area (Å²) in [6.07, 6.45) is -4.25. The lowest BCUT2D eigenvalue weighted by Crippen LogP contribution is -2.27. The van der Waals surface area contributed by atoms with Gasteiger partial charge in [0.25, 0.3) is 0 Å². The van der Waals surface area contributed by atoms with Crippen molar-refractivity contribution in [2.24, 2.45) is 11.3 Å². The largest absolute Gasteiger partial charge is 0.416 e. The normalized spacial score (nSPS) is 24.7. The Labute approximate surface area is 126 Å². The van der Waals surface area contributed by atoms with E-state index in [-0.39, 0.29) is 4.58 Å². The predicted octanol–water partition coefficient (Wildman–Crippen LogP) is 5.85. The van der Waals surface area contributed by atoms with Crippen LogP contribution in [0.4, 0.5) is 13.2 Å². The van der Waals surface area contributed by atoms with E-state index in [2.05, 4.69) is 20.8 Å². The quantitative estimate of drug-likeness (QED) is 0.637. The first-order chi connectivity index (χ1) is 9.18. The van der Waals surface area contributed by atoms with E-state index in [0.717, 1.165) is 17.1 Å². The summed E-state index contributed by atoms with van der Waals surface area (Å²) in [5.74, 6) is 2.80. The number of halogens is 3. The molecule has 1 aliphatic heterocycles. The first kappa shape index (κ1) is 16.1. The lowest BCUT2D eigenvalue weighted by molar-refractivity contribution is -0.137. The molecule has 0 atom stereocenters. The van der Waals surface area contributed by atoms with Crippen molar-refractivity contribution in [2.75, 3.05) is 11.5 Å². The van der Waals surface area contributed by atoms with E-state index in [1.807, 2.05) is 23.5 Å². The molecule has 0 amide bonds. The summed E-state index contributed by atoms with van der Waals surface area (Å²) in [6.45, 7) is 6.74. The fourth-order valence-electron chi connectivity index (χ4n) is 2.03. The third-order valence-electron chi connectivity index (χ3n) is 3.63. The van der Waals surface area contributed by atoms with Gasteiger partial charge in [0.1, 0.15) is 0 Å². The van der Waals surface area contributed by atoms with Crippen LogP contribution in [-0.2, 0) is 6.18 Å². The number of hydrogen-bond donors (Lipinski definition) is 0. The van der Waals surface area contributed by atoms with Gasteiger partial charge in [-0.2, -0.15) is 13.2 Å². The van der Waals surface area contributed by atoms with Crippen molar-refractivity contribution in [1.82, 2.24) is 0 Å². The van der Waals surface area contributed by atoms with Crippen LogP contribution in [0.25, 0.3) is 0 Å². The van der Waals surface area contributed by atoms with Crippen LogP contribution in [-0.4, -0.2) is 11.5 Å². The van der Waals surface area contributed by atoms with Gasteiger partial charge >= 0.3 is 6.18 Å². The highest BCUT2D eigenvalue weighted by Crippen LogP contribution is 2.49. The van der Waals surface area contributed by atoms with E-state index in [9.17, 15) is 13.2 Å². The molecule has 0 nitrogen and oxygen atoms in total. The molecule has 5 heteroatoms. The minimum atomic E-state index is -4.25. The van der Waals surface area contributed by atoms with Gasteiger partial charge in [0, 0.05) is 0 Å². The summed E-state index contributed by atoms with van der Waals surface area (Å²) < 4.78 is 37.9. The van der Waals surface area contributed by atoms with E-state index < -0.39 is 11.7 Å². The molecule has 1 aromatic rings. The molecule has 0 aromatic heterocycles. The standard InChI is InChI=1S/C15H19F3S2/c1-14(2,3)12-8-19-13(20-9-12)10-4-6-11(7-5-10)15(16,17)18/h4-7,12-13H,8-9H2,1-3H3/t12-,13-. The summed E-state index contributed by atoms with van der Waals surface area (Å²) >= 11 is 3.69. The van der Waals surface area contributed by atoms with Crippen molar-refractivity contribution in [3.63, 3.8) is 0 Å². The zero-order valence-corrected chi connectivity index (χ0v) is 13.5. The predicted molar refractivity (Wildman–Crippen MR) is 82.0 cm³/mol. The van der Waals surface area contributed by atoms with Gasteiger partial charge in [-0.15, -0.1) is 23.5 Å². The second-order valence-electron chi connectivity index (χ2n) is 6.18. The van der Waals surface area contributed by atoms with Crippen molar-refractivity contribution < 1.29 is 13.2 Å². The maximum atomic E-state index is 12.5. The minimum absolute atomic E-state index is 0.260. The second-order valence-corrected chi connectivity index (χ2v) is 8.76. The molecule has 0 radical (unpaired) electrons. The number of thioether (sulfide) groups is 2. The number of alkyl halides is 3. The van der Waals surface area contributed by atoms with Crippen LogP contribution in [0.2, 0.25) is 0 Å². The van der Waals surface area contributed by atoms with Crippen LogP contribution in [0.5, 0.6) is 0 Å². The molecule has 0 aliphatic carbocycles. The summed E-state index contributed by atoms with van der Waals surface area (Å²) in [5.41, 5.74) is 0.713. The van der Waals surface area contributed by atoms with E-state index >= 15 is 0 Å². The highest BCUT2D eigenvalue weighted by molar-refractivity contribution is 8.16. The Morgan fingerprint density at radius 2 is 1.45 bits per heavy atom. The van der Waals surface area contributed by atoms with Gasteiger partial charge < -0.3 is 0 Å². The molecule has 1 aromatic carbocycles. The summed E-state index contributed by atoms with van der Waals surface area (Å²) in [6, 6.07) is 5.61. The molecule has 1 aliphatic rings. The van der Waals surface area contributed by atoms with Gasteiger partial charge in [0.05, 0.1) is 10.1 Å². The Morgan fingerprint density at radius 3 is 1.85 bits per heavy atom. The van der Waals surface area contributed by atoms with Crippen molar-refractivity contribution in [3.8, 4) is 0 Å². The lowest BCUT2D eigenvalue weighted by atomic mass is 9.83. The van der Waals surface area contributed by atoms with Crippen LogP contribution in [0.3, 0.4) is 0 Å². The van der Waals surface area contributed by atoms with Crippen LogP contribution >= 0.6 is 23.5 Å². The molecule has 2 rings (SSSR count). The molecule has 1 fully saturated rings. The number of hydrogen-bond acceptors (Lipinski definition) is 2.